The molecular weight excluding hydrogens is 482 g/mol. The molecule has 174 valence electrons. The molecule has 1 amide bonds. The van der Waals surface area contributed by atoms with E-state index in [0.29, 0.717) is 17.2 Å². The SMILES string of the molecule is CS(=O)(=O)NCc1cc2nccc(-c3cc(Cl)cc4c3OC(C(=O)N3CCCCC3)C4)c2s1. The maximum atomic E-state index is 13.1. The van der Waals surface area contributed by atoms with Crippen LogP contribution in [0.3, 0.4) is 0 Å². The molecule has 0 saturated carbocycles. The normalized spacial score (nSPS) is 18.4. The van der Waals surface area contributed by atoms with Gasteiger partial charge in [0.2, 0.25) is 10.0 Å². The predicted octanol–water partition coefficient (Wildman–Crippen LogP) is 3.98. The maximum Gasteiger partial charge on any atom is 0.263 e. The van der Waals surface area contributed by atoms with Gasteiger partial charge in [0.25, 0.3) is 5.91 Å². The van der Waals surface area contributed by atoms with Gasteiger partial charge in [-0.3, -0.25) is 9.78 Å². The highest BCUT2D eigenvalue weighted by atomic mass is 35.5. The first-order valence-electron chi connectivity index (χ1n) is 10.9. The van der Waals surface area contributed by atoms with Gasteiger partial charge in [0.15, 0.2) is 6.10 Å². The van der Waals surface area contributed by atoms with E-state index >= 15 is 0 Å². The zero-order valence-electron chi connectivity index (χ0n) is 18.1. The highest BCUT2D eigenvalue weighted by molar-refractivity contribution is 7.88. The number of piperidine rings is 1. The van der Waals surface area contributed by atoms with E-state index in [-0.39, 0.29) is 12.5 Å². The molecule has 0 bridgehead atoms. The maximum absolute atomic E-state index is 13.1. The lowest BCUT2D eigenvalue weighted by Crippen LogP contribution is -2.43. The fourth-order valence-electron chi connectivity index (χ4n) is 4.47. The highest BCUT2D eigenvalue weighted by Gasteiger charge is 2.35. The summed E-state index contributed by atoms with van der Waals surface area (Å²) in [6.45, 7) is 1.77. The van der Waals surface area contributed by atoms with Crippen LogP contribution in [0.15, 0.2) is 30.5 Å². The molecule has 0 spiro atoms. The van der Waals surface area contributed by atoms with Gasteiger partial charge < -0.3 is 9.64 Å². The number of hydrogen-bond donors (Lipinski definition) is 1. The Balaban J connectivity index is 1.49. The first kappa shape index (κ1) is 22.6. The minimum absolute atomic E-state index is 0.0399. The van der Waals surface area contributed by atoms with E-state index in [4.69, 9.17) is 16.3 Å². The van der Waals surface area contributed by atoms with Crippen LogP contribution >= 0.6 is 22.9 Å². The summed E-state index contributed by atoms with van der Waals surface area (Å²) in [4.78, 5) is 20.3. The van der Waals surface area contributed by atoms with E-state index < -0.39 is 16.1 Å². The number of sulfonamides is 1. The number of rotatable bonds is 5. The molecule has 10 heteroatoms. The number of carbonyl (C=O) groups excluding carboxylic acids is 1. The van der Waals surface area contributed by atoms with Gasteiger partial charge in [-0.15, -0.1) is 11.3 Å². The molecule has 2 aliphatic heterocycles. The lowest BCUT2D eigenvalue weighted by molar-refractivity contribution is -0.138. The number of amides is 1. The highest BCUT2D eigenvalue weighted by Crippen LogP contribution is 2.44. The summed E-state index contributed by atoms with van der Waals surface area (Å²) >= 11 is 7.95. The molecule has 5 rings (SSSR count). The summed E-state index contributed by atoms with van der Waals surface area (Å²) in [7, 11) is -3.30. The van der Waals surface area contributed by atoms with Crippen molar-refractivity contribution >= 4 is 49.1 Å². The Morgan fingerprint density at radius 2 is 2.03 bits per heavy atom. The molecule has 2 aliphatic rings. The Hall–Kier alpha value is -2.20. The van der Waals surface area contributed by atoms with Crippen LogP contribution in [0.1, 0.15) is 29.7 Å². The molecule has 4 heterocycles. The van der Waals surface area contributed by atoms with Gasteiger partial charge in [-0.05, 0) is 43.5 Å². The van der Waals surface area contributed by atoms with Crippen LogP contribution in [0.5, 0.6) is 5.75 Å². The quantitative estimate of drug-likeness (QED) is 0.566. The number of pyridine rings is 1. The third kappa shape index (κ3) is 4.73. The number of likely N-dealkylation sites (tertiary alicyclic amines) is 1. The molecule has 1 aromatic carbocycles. The zero-order chi connectivity index (χ0) is 23.2. The number of ether oxygens (including phenoxy) is 1. The van der Waals surface area contributed by atoms with Crippen LogP contribution in [-0.2, 0) is 27.8 Å². The van der Waals surface area contributed by atoms with Gasteiger partial charge in [0.05, 0.1) is 16.5 Å². The second-order valence-corrected chi connectivity index (χ2v) is 11.9. The van der Waals surface area contributed by atoms with E-state index in [9.17, 15) is 13.2 Å². The molecule has 1 saturated heterocycles. The Kier molecular flexibility index (Phi) is 6.07. The van der Waals surface area contributed by atoms with Crippen LogP contribution in [0.4, 0.5) is 0 Å². The van der Waals surface area contributed by atoms with Crippen molar-refractivity contribution < 1.29 is 17.9 Å². The first-order valence-corrected chi connectivity index (χ1v) is 14.0. The molecule has 1 fully saturated rings. The third-order valence-electron chi connectivity index (χ3n) is 6.00. The Labute approximate surface area is 201 Å². The van der Waals surface area contributed by atoms with Crippen LogP contribution in [0.2, 0.25) is 5.02 Å². The van der Waals surface area contributed by atoms with Crippen molar-refractivity contribution in [3.63, 3.8) is 0 Å². The van der Waals surface area contributed by atoms with Crippen LogP contribution in [-0.4, -0.2) is 49.7 Å². The van der Waals surface area contributed by atoms with Gasteiger partial charge >= 0.3 is 0 Å². The largest absolute Gasteiger partial charge is 0.479 e. The Morgan fingerprint density at radius 1 is 1.24 bits per heavy atom. The fourth-order valence-corrected chi connectivity index (χ4v) is 6.30. The predicted molar refractivity (Wildman–Crippen MR) is 130 cm³/mol. The third-order valence-corrected chi connectivity index (χ3v) is 8.05. The summed E-state index contributed by atoms with van der Waals surface area (Å²) in [5, 5.41) is 0.582. The summed E-state index contributed by atoms with van der Waals surface area (Å²) in [5.74, 6) is 0.726. The lowest BCUT2D eigenvalue weighted by atomic mass is 10.0. The van der Waals surface area contributed by atoms with Gasteiger partial charge in [0.1, 0.15) is 5.75 Å². The minimum Gasteiger partial charge on any atom is -0.479 e. The molecular formula is C23H24ClN3O4S2. The van der Waals surface area contributed by atoms with E-state index in [0.717, 1.165) is 70.4 Å². The molecule has 2 aromatic heterocycles. The van der Waals surface area contributed by atoms with Crippen molar-refractivity contribution in [3.8, 4) is 16.9 Å². The fraction of sp³-hybridized carbons (Fsp3) is 0.391. The second-order valence-electron chi connectivity index (χ2n) is 8.52. The molecule has 0 radical (unpaired) electrons. The van der Waals surface area contributed by atoms with Crippen molar-refractivity contribution in [3.05, 3.63) is 45.9 Å². The van der Waals surface area contributed by atoms with Crippen LogP contribution in [0.25, 0.3) is 21.3 Å². The molecule has 3 aromatic rings. The molecule has 0 aliphatic carbocycles. The van der Waals surface area contributed by atoms with Gasteiger partial charge in [0, 0.05) is 58.8 Å². The molecule has 1 unspecified atom stereocenters. The number of nitrogens with one attached hydrogen (secondary N) is 1. The van der Waals surface area contributed by atoms with Crippen molar-refractivity contribution in [1.82, 2.24) is 14.6 Å². The standard InChI is InChI=1S/C23H24ClN3O4S2/c1-33(29,30)26-13-16-12-19-22(32-16)17(5-6-25-19)18-11-15(24)9-14-10-20(31-21(14)18)23(28)27-7-3-2-4-8-27/h5-6,9,11-12,20,26H,2-4,7-8,10,13H2,1H3. The zero-order valence-corrected chi connectivity index (χ0v) is 20.5. The number of fused-ring (bicyclic) bond motifs is 2. The van der Waals surface area contributed by atoms with Crippen molar-refractivity contribution in [2.75, 3.05) is 19.3 Å². The number of nitrogens with zero attached hydrogens (tertiary/aromatic N) is 2. The summed E-state index contributed by atoms with van der Waals surface area (Å²) in [6, 6.07) is 7.52. The van der Waals surface area contributed by atoms with Gasteiger partial charge in [-0.1, -0.05) is 11.6 Å². The minimum atomic E-state index is -3.30. The average Bonchev–Trinajstić information content (AvgIpc) is 3.40. The average molecular weight is 506 g/mol. The van der Waals surface area contributed by atoms with E-state index in [1.807, 2.05) is 29.2 Å². The molecule has 1 atom stereocenters. The molecule has 33 heavy (non-hydrogen) atoms. The number of thiophene rings is 1. The van der Waals surface area contributed by atoms with E-state index in [1.165, 1.54) is 11.3 Å². The molecule has 7 nitrogen and oxygen atoms in total. The van der Waals surface area contributed by atoms with E-state index in [1.54, 1.807) is 6.20 Å². The van der Waals surface area contributed by atoms with Crippen LogP contribution < -0.4 is 9.46 Å². The van der Waals surface area contributed by atoms with Crippen molar-refractivity contribution in [2.45, 2.75) is 38.3 Å². The molecule has 1 N–H and O–H groups in total. The van der Waals surface area contributed by atoms with Crippen molar-refractivity contribution in [2.24, 2.45) is 0 Å². The smallest absolute Gasteiger partial charge is 0.263 e. The van der Waals surface area contributed by atoms with E-state index in [2.05, 4.69) is 9.71 Å². The summed E-state index contributed by atoms with van der Waals surface area (Å²) in [6.07, 6.45) is 6.05. The topological polar surface area (TPSA) is 88.6 Å². The van der Waals surface area contributed by atoms with Gasteiger partial charge in [-0.25, -0.2) is 13.1 Å². The second kappa shape index (κ2) is 8.87. The van der Waals surface area contributed by atoms with Gasteiger partial charge in [-0.2, -0.15) is 0 Å². The lowest BCUT2D eigenvalue weighted by Gasteiger charge is -2.28. The van der Waals surface area contributed by atoms with Crippen molar-refractivity contribution in [1.29, 1.82) is 0 Å². The number of aromatic nitrogens is 1. The number of benzene rings is 1. The van der Waals surface area contributed by atoms with Crippen LogP contribution in [0, 0.1) is 0 Å². The summed E-state index contributed by atoms with van der Waals surface area (Å²) < 4.78 is 32.7. The monoisotopic (exact) mass is 505 g/mol. The number of carbonyl (C=O) groups is 1. The Bertz CT molecular complexity index is 1330. The summed E-state index contributed by atoms with van der Waals surface area (Å²) in [5.41, 5.74) is 3.42. The Morgan fingerprint density at radius 3 is 2.79 bits per heavy atom. The number of halogens is 1. The number of hydrogen-bond acceptors (Lipinski definition) is 6. The first-order chi connectivity index (χ1) is 15.8.